The quantitative estimate of drug-likeness (QED) is 0.0576. The summed E-state index contributed by atoms with van der Waals surface area (Å²) in [7, 11) is 0. The Morgan fingerprint density at radius 1 is 0.733 bits per heavy atom. The van der Waals surface area contributed by atoms with Gasteiger partial charge in [0.05, 0.1) is 6.04 Å². The first-order chi connectivity index (χ1) is 21.4. The van der Waals surface area contributed by atoms with E-state index in [0.717, 1.165) is 22.3 Å². The molecule has 13 N–H and O–H groups in total. The van der Waals surface area contributed by atoms with E-state index in [4.69, 9.17) is 28.7 Å². The lowest BCUT2D eigenvalue weighted by Crippen LogP contribution is -2.58. The number of guanidine groups is 1. The number of carbonyl (C=O) groups excluding carboxylic acids is 4. The second-order valence-electron chi connectivity index (χ2n) is 11.2. The molecule has 246 valence electrons. The van der Waals surface area contributed by atoms with Crippen LogP contribution in [0.2, 0.25) is 0 Å². The lowest BCUT2D eigenvalue weighted by Gasteiger charge is -2.26. The molecule has 0 heterocycles. The van der Waals surface area contributed by atoms with Gasteiger partial charge >= 0.3 is 0 Å². The molecule has 0 saturated heterocycles. The van der Waals surface area contributed by atoms with E-state index < -0.39 is 47.8 Å². The van der Waals surface area contributed by atoms with Crippen LogP contribution in [0.3, 0.4) is 0 Å². The molecule has 0 aromatic heterocycles. The van der Waals surface area contributed by atoms with E-state index in [-0.39, 0.29) is 31.8 Å². The monoisotopic (exact) mass is 623 g/mol. The predicted octanol–water partition coefficient (Wildman–Crippen LogP) is -0.462. The third-order valence-corrected chi connectivity index (χ3v) is 7.59. The van der Waals surface area contributed by atoms with Crippen molar-refractivity contribution in [3.63, 3.8) is 0 Å². The molecular weight excluding hydrogens is 574 g/mol. The maximum absolute atomic E-state index is 13.7. The summed E-state index contributed by atoms with van der Waals surface area (Å²) in [5.41, 5.74) is 31.9. The summed E-state index contributed by atoms with van der Waals surface area (Å²) in [6.07, 6.45) is 2.51. The Morgan fingerprint density at radius 3 is 2.00 bits per heavy atom. The van der Waals surface area contributed by atoms with E-state index in [0.29, 0.717) is 32.2 Å². The van der Waals surface area contributed by atoms with Crippen molar-refractivity contribution in [1.29, 1.82) is 0 Å². The summed E-state index contributed by atoms with van der Waals surface area (Å²) < 4.78 is 0. The molecule has 0 spiro atoms. The van der Waals surface area contributed by atoms with Gasteiger partial charge in [-0.2, -0.15) is 0 Å². The molecule has 2 aromatic carbocycles. The van der Waals surface area contributed by atoms with E-state index in [1.165, 1.54) is 0 Å². The smallest absolute Gasteiger partial charge is 0.243 e. The number of carbonyl (C=O) groups is 4. The molecule has 45 heavy (non-hydrogen) atoms. The van der Waals surface area contributed by atoms with Gasteiger partial charge in [0.2, 0.25) is 23.6 Å². The normalized spacial score (nSPS) is 13.5. The Bertz CT molecular complexity index is 1300. The van der Waals surface area contributed by atoms with Crippen LogP contribution >= 0.6 is 0 Å². The van der Waals surface area contributed by atoms with E-state index in [9.17, 15) is 19.2 Å². The van der Waals surface area contributed by atoms with Crippen molar-refractivity contribution < 1.29 is 19.2 Å². The zero-order chi connectivity index (χ0) is 33.4. The lowest BCUT2D eigenvalue weighted by atomic mass is 9.96. The van der Waals surface area contributed by atoms with Gasteiger partial charge in [-0.1, -0.05) is 48.5 Å². The molecule has 0 aliphatic rings. The summed E-state index contributed by atoms with van der Waals surface area (Å²) in [6, 6.07) is 11.0. The number of nitrogens with one attached hydrogen (secondary N) is 3. The highest BCUT2D eigenvalue weighted by molar-refractivity contribution is 5.94. The zero-order valence-electron chi connectivity index (χ0n) is 26.3. The molecular formula is C32H49N9O4. The van der Waals surface area contributed by atoms with Gasteiger partial charge in [-0.05, 0) is 81.2 Å². The average molecular weight is 624 g/mol. The first-order valence-electron chi connectivity index (χ1n) is 15.2. The summed E-state index contributed by atoms with van der Waals surface area (Å²) in [6.45, 7) is 4.55. The van der Waals surface area contributed by atoms with Crippen molar-refractivity contribution in [2.45, 2.75) is 83.0 Å². The number of nitrogens with two attached hydrogens (primary N) is 5. The topological polar surface area (TPSA) is 247 Å². The van der Waals surface area contributed by atoms with Crippen molar-refractivity contribution in [2.75, 3.05) is 13.1 Å². The lowest BCUT2D eigenvalue weighted by molar-refractivity contribution is -0.133. The average Bonchev–Trinajstić information content (AvgIpc) is 3.00. The summed E-state index contributed by atoms with van der Waals surface area (Å²) in [4.78, 5) is 56.6. The van der Waals surface area contributed by atoms with Crippen LogP contribution in [0.25, 0.3) is 0 Å². The van der Waals surface area contributed by atoms with E-state index >= 15 is 0 Å². The molecule has 13 nitrogen and oxygen atoms in total. The molecule has 2 aromatic rings. The molecule has 0 bridgehead atoms. The third kappa shape index (κ3) is 13.0. The van der Waals surface area contributed by atoms with Gasteiger partial charge < -0.3 is 44.6 Å². The second kappa shape index (κ2) is 19.0. The van der Waals surface area contributed by atoms with Crippen LogP contribution < -0.4 is 44.6 Å². The van der Waals surface area contributed by atoms with Crippen LogP contribution in [0.5, 0.6) is 0 Å². The number of aliphatic imine (C=N–C) groups is 1. The Labute approximate surface area is 265 Å². The number of primary amides is 1. The molecule has 2 rings (SSSR count). The van der Waals surface area contributed by atoms with Gasteiger partial charge in [-0.15, -0.1) is 0 Å². The molecule has 13 heteroatoms. The molecule has 0 radical (unpaired) electrons. The van der Waals surface area contributed by atoms with Crippen molar-refractivity contribution in [3.8, 4) is 0 Å². The molecule has 4 amide bonds. The Hall–Kier alpha value is -4.49. The van der Waals surface area contributed by atoms with Crippen molar-refractivity contribution in [2.24, 2.45) is 33.7 Å². The van der Waals surface area contributed by atoms with Crippen molar-refractivity contribution in [1.82, 2.24) is 16.0 Å². The van der Waals surface area contributed by atoms with Gasteiger partial charge in [0.15, 0.2) is 5.96 Å². The number of amides is 4. The van der Waals surface area contributed by atoms with Crippen LogP contribution in [0.1, 0.15) is 54.4 Å². The minimum Gasteiger partial charge on any atom is -0.370 e. The van der Waals surface area contributed by atoms with Crippen LogP contribution in [-0.4, -0.2) is 66.8 Å². The first-order valence-corrected chi connectivity index (χ1v) is 15.2. The molecule has 0 fully saturated rings. The van der Waals surface area contributed by atoms with Crippen LogP contribution in [-0.2, 0) is 32.0 Å². The third-order valence-electron chi connectivity index (χ3n) is 7.59. The number of hydrogen-bond donors (Lipinski definition) is 8. The number of aryl methyl sites for hydroxylation is 1. The fraction of sp³-hybridized carbons (Fsp3) is 0.469. The highest BCUT2D eigenvalue weighted by atomic mass is 16.2. The van der Waals surface area contributed by atoms with Crippen LogP contribution in [0.4, 0.5) is 0 Å². The molecule has 4 unspecified atom stereocenters. The van der Waals surface area contributed by atoms with Gasteiger partial charge in [-0.3, -0.25) is 24.2 Å². The molecule has 0 saturated carbocycles. The van der Waals surface area contributed by atoms with E-state index in [1.54, 1.807) is 0 Å². The van der Waals surface area contributed by atoms with Crippen LogP contribution in [0, 0.1) is 13.8 Å². The van der Waals surface area contributed by atoms with Gasteiger partial charge in [0.1, 0.15) is 18.1 Å². The number of unbranched alkanes of at least 4 members (excludes halogenated alkanes) is 1. The molecule has 0 aliphatic heterocycles. The molecule has 4 atom stereocenters. The molecule has 0 aliphatic carbocycles. The second-order valence-corrected chi connectivity index (χ2v) is 11.2. The largest absolute Gasteiger partial charge is 0.370 e. The number of hydrogen-bond acceptors (Lipinski definition) is 7. The van der Waals surface area contributed by atoms with Gasteiger partial charge in [0, 0.05) is 13.0 Å². The van der Waals surface area contributed by atoms with Crippen LogP contribution in [0.15, 0.2) is 53.5 Å². The van der Waals surface area contributed by atoms with Crippen molar-refractivity contribution in [3.05, 3.63) is 70.8 Å². The zero-order valence-corrected chi connectivity index (χ0v) is 26.3. The van der Waals surface area contributed by atoms with E-state index in [1.807, 2.05) is 62.4 Å². The summed E-state index contributed by atoms with van der Waals surface area (Å²) >= 11 is 0. The fourth-order valence-corrected chi connectivity index (χ4v) is 4.80. The van der Waals surface area contributed by atoms with E-state index in [2.05, 4.69) is 20.9 Å². The fourth-order valence-electron chi connectivity index (χ4n) is 4.80. The minimum atomic E-state index is -1.08. The maximum atomic E-state index is 13.7. The maximum Gasteiger partial charge on any atom is 0.243 e. The SMILES string of the molecule is Cc1cccc(CC(NC(=O)C(CCCN=C(N)N)NC(=O)C(N)Cc2ccccc2)C(=O)NC(CCCCN)C(N)=O)c1C. The minimum absolute atomic E-state index is 0.0920. The standard InChI is InChI=1S/C32H49N9O4/c1-20-10-8-13-23(21(20)2)19-27(31(45)39-25(28(35)42)14-6-7-16-33)41-30(44)26(15-9-17-38-32(36)37)40-29(43)24(34)18-22-11-4-3-5-12-22/h3-5,8,10-13,24-27H,6-7,9,14-19,33-34H2,1-2H3,(H2,35,42)(H,39,45)(H,40,43)(H,41,44)(H4,36,37,38). The van der Waals surface area contributed by atoms with Gasteiger partial charge in [-0.25, -0.2) is 0 Å². The first kappa shape index (κ1) is 36.7. The Morgan fingerprint density at radius 2 is 1.36 bits per heavy atom. The Balaban J connectivity index is 2.30. The highest BCUT2D eigenvalue weighted by Gasteiger charge is 2.30. The predicted molar refractivity (Wildman–Crippen MR) is 176 cm³/mol. The van der Waals surface area contributed by atoms with Gasteiger partial charge in [0.25, 0.3) is 0 Å². The highest BCUT2D eigenvalue weighted by Crippen LogP contribution is 2.16. The number of benzene rings is 2. The summed E-state index contributed by atoms with van der Waals surface area (Å²) in [5.74, 6) is -2.47. The number of nitrogens with zero attached hydrogens (tertiary/aromatic N) is 1. The summed E-state index contributed by atoms with van der Waals surface area (Å²) in [5, 5.41) is 8.25. The van der Waals surface area contributed by atoms with Crippen molar-refractivity contribution >= 4 is 29.6 Å². The number of rotatable bonds is 19. The Kier molecular flexibility index (Phi) is 15.5.